The molecule has 0 saturated heterocycles. The van der Waals surface area contributed by atoms with E-state index >= 15 is 0 Å². The predicted octanol–water partition coefficient (Wildman–Crippen LogP) is 1.92. The topological polar surface area (TPSA) is 56.2 Å². The van der Waals surface area contributed by atoms with E-state index in [1.54, 1.807) is 12.5 Å². The molecular weight excluding hydrogens is 268 g/mol. The van der Waals surface area contributed by atoms with Crippen LogP contribution in [0.5, 0.6) is 0 Å². The Morgan fingerprint density at radius 3 is 3.00 bits per heavy atom. The van der Waals surface area contributed by atoms with Crippen LogP contribution in [0.2, 0.25) is 0 Å². The van der Waals surface area contributed by atoms with E-state index in [1.807, 2.05) is 10.6 Å². The van der Waals surface area contributed by atoms with Crippen LogP contribution in [0.15, 0.2) is 23.2 Å². The van der Waals surface area contributed by atoms with Gasteiger partial charge in [-0.25, -0.2) is 9.97 Å². The highest BCUT2D eigenvalue weighted by molar-refractivity contribution is 9.10. The lowest BCUT2D eigenvalue weighted by molar-refractivity contribution is 0.601. The summed E-state index contributed by atoms with van der Waals surface area (Å²) in [4.78, 5) is 8.52. The third-order valence-electron chi connectivity index (χ3n) is 3.23. The number of fused-ring (bicyclic) bond motifs is 1. The minimum Gasteiger partial charge on any atom is -0.325 e. The molecule has 2 N–H and O–H groups in total. The van der Waals surface area contributed by atoms with Gasteiger partial charge in [-0.2, -0.15) is 0 Å². The van der Waals surface area contributed by atoms with Gasteiger partial charge in [-0.1, -0.05) is 0 Å². The normalized spacial score (nSPS) is 17.9. The third-order valence-corrected chi connectivity index (χ3v) is 3.79. The number of imidazole rings is 1. The molecule has 1 aliphatic carbocycles. The molecule has 84 valence electrons. The van der Waals surface area contributed by atoms with E-state index in [0.717, 1.165) is 35.8 Å². The van der Waals surface area contributed by atoms with E-state index in [1.165, 1.54) is 5.69 Å². The summed E-state index contributed by atoms with van der Waals surface area (Å²) < 4.78 is 2.95. The van der Waals surface area contributed by atoms with Gasteiger partial charge in [-0.15, -0.1) is 0 Å². The van der Waals surface area contributed by atoms with Crippen LogP contribution in [-0.4, -0.2) is 19.9 Å². The van der Waals surface area contributed by atoms with Crippen LogP contribution in [0.25, 0.3) is 5.65 Å². The molecule has 1 fully saturated rings. The first-order valence-electron chi connectivity index (χ1n) is 5.42. The smallest absolute Gasteiger partial charge is 0.154 e. The zero-order valence-electron chi connectivity index (χ0n) is 8.86. The number of hydrogen-bond acceptors (Lipinski definition) is 3. The zero-order valence-corrected chi connectivity index (χ0v) is 10.4. The molecule has 2 aromatic rings. The Kier molecular flexibility index (Phi) is 2.26. The molecule has 0 amide bonds. The lowest BCUT2D eigenvalue weighted by Crippen LogP contribution is -2.22. The first kappa shape index (κ1) is 10.2. The molecule has 2 heterocycles. The van der Waals surface area contributed by atoms with Crippen LogP contribution in [0.1, 0.15) is 25.0 Å². The molecule has 1 aliphatic rings. The van der Waals surface area contributed by atoms with Crippen molar-refractivity contribution in [1.29, 1.82) is 0 Å². The molecular formula is C11H13BrN4. The third kappa shape index (κ3) is 1.74. The Morgan fingerprint density at radius 2 is 2.25 bits per heavy atom. The fraction of sp³-hybridized carbons (Fsp3) is 0.455. The summed E-state index contributed by atoms with van der Waals surface area (Å²) in [7, 11) is 0. The molecule has 0 radical (unpaired) electrons. The van der Waals surface area contributed by atoms with Gasteiger partial charge in [0.2, 0.25) is 0 Å². The van der Waals surface area contributed by atoms with Crippen molar-refractivity contribution < 1.29 is 0 Å². The Morgan fingerprint density at radius 1 is 1.44 bits per heavy atom. The fourth-order valence-electron chi connectivity index (χ4n) is 1.90. The number of aromatic nitrogens is 3. The van der Waals surface area contributed by atoms with E-state index in [9.17, 15) is 0 Å². The Balaban J connectivity index is 1.89. The predicted molar refractivity (Wildman–Crippen MR) is 65.2 cm³/mol. The highest BCUT2D eigenvalue weighted by Crippen LogP contribution is 2.36. The van der Waals surface area contributed by atoms with Gasteiger partial charge in [0.25, 0.3) is 0 Å². The minimum atomic E-state index is 0.101. The van der Waals surface area contributed by atoms with Gasteiger partial charge < -0.3 is 5.73 Å². The first-order valence-corrected chi connectivity index (χ1v) is 6.22. The standard InChI is InChI=1S/C11H13BrN4/c12-9-6-14-7-16-8(5-15-10(9)16)1-2-11(13)3-4-11/h5-7H,1-4,13H2. The van der Waals surface area contributed by atoms with Crippen LogP contribution in [0.3, 0.4) is 0 Å². The number of rotatable bonds is 3. The Bertz CT molecular complexity index is 530. The fourth-order valence-corrected chi connectivity index (χ4v) is 2.31. The summed E-state index contributed by atoms with van der Waals surface area (Å²) in [5, 5.41) is 0. The van der Waals surface area contributed by atoms with Gasteiger partial charge in [-0.05, 0) is 41.6 Å². The quantitative estimate of drug-likeness (QED) is 0.935. The van der Waals surface area contributed by atoms with Crippen LogP contribution in [0, 0.1) is 0 Å². The van der Waals surface area contributed by atoms with Gasteiger partial charge in [0.15, 0.2) is 5.65 Å². The van der Waals surface area contributed by atoms with Gasteiger partial charge in [0.05, 0.1) is 4.47 Å². The van der Waals surface area contributed by atoms with Crippen LogP contribution in [-0.2, 0) is 6.42 Å². The van der Waals surface area contributed by atoms with Gasteiger partial charge in [0, 0.05) is 23.6 Å². The monoisotopic (exact) mass is 280 g/mol. The SMILES string of the molecule is NC1(CCc2cnc3c(Br)cncn23)CC1. The number of aryl methyl sites for hydroxylation is 1. The van der Waals surface area contributed by atoms with Crippen LogP contribution < -0.4 is 5.73 Å². The summed E-state index contributed by atoms with van der Waals surface area (Å²) in [6, 6.07) is 0. The van der Waals surface area contributed by atoms with E-state index in [0.29, 0.717) is 0 Å². The van der Waals surface area contributed by atoms with Crippen molar-refractivity contribution in [2.75, 3.05) is 0 Å². The van der Waals surface area contributed by atoms with Crippen molar-refractivity contribution in [2.24, 2.45) is 5.73 Å². The Hall–Kier alpha value is -0.940. The second-order valence-electron chi connectivity index (χ2n) is 4.55. The molecule has 4 nitrogen and oxygen atoms in total. The average molecular weight is 281 g/mol. The van der Waals surface area contributed by atoms with Crippen molar-refractivity contribution in [1.82, 2.24) is 14.4 Å². The molecule has 0 aliphatic heterocycles. The summed E-state index contributed by atoms with van der Waals surface area (Å²) in [6.07, 6.45) is 9.80. The molecule has 3 rings (SSSR count). The molecule has 0 spiro atoms. The molecule has 0 bridgehead atoms. The summed E-state index contributed by atoms with van der Waals surface area (Å²) in [5.74, 6) is 0. The van der Waals surface area contributed by atoms with Crippen LogP contribution >= 0.6 is 15.9 Å². The zero-order chi connectivity index (χ0) is 11.2. The van der Waals surface area contributed by atoms with Crippen molar-refractivity contribution in [3.63, 3.8) is 0 Å². The summed E-state index contributed by atoms with van der Waals surface area (Å²) >= 11 is 3.44. The van der Waals surface area contributed by atoms with E-state index in [2.05, 4.69) is 25.9 Å². The largest absolute Gasteiger partial charge is 0.325 e. The molecule has 0 aromatic carbocycles. The molecule has 2 aromatic heterocycles. The van der Waals surface area contributed by atoms with E-state index in [4.69, 9.17) is 5.73 Å². The van der Waals surface area contributed by atoms with E-state index < -0.39 is 0 Å². The highest BCUT2D eigenvalue weighted by Gasteiger charge is 2.37. The van der Waals surface area contributed by atoms with Crippen molar-refractivity contribution in [2.45, 2.75) is 31.2 Å². The maximum absolute atomic E-state index is 6.08. The number of nitrogens with two attached hydrogens (primary N) is 1. The molecule has 5 heteroatoms. The lowest BCUT2D eigenvalue weighted by atomic mass is 10.1. The maximum Gasteiger partial charge on any atom is 0.154 e. The Labute approximate surface area is 102 Å². The minimum absolute atomic E-state index is 0.101. The molecule has 0 unspecified atom stereocenters. The van der Waals surface area contributed by atoms with E-state index in [-0.39, 0.29) is 5.54 Å². The van der Waals surface area contributed by atoms with Crippen molar-refractivity contribution >= 4 is 21.6 Å². The highest BCUT2D eigenvalue weighted by atomic mass is 79.9. The first-order chi connectivity index (χ1) is 7.68. The number of halogens is 1. The summed E-state index contributed by atoms with van der Waals surface area (Å²) in [6.45, 7) is 0. The molecule has 1 saturated carbocycles. The summed E-state index contributed by atoms with van der Waals surface area (Å²) in [5.41, 5.74) is 8.29. The van der Waals surface area contributed by atoms with Crippen LogP contribution in [0.4, 0.5) is 0 Å². The second kappa shape index (κ2) is 3.53. The average Bonchev–Trinajstić information content (AvgIpc) is 2.86. The number of hydrogen-bond donors (Lipinski definition) is 1. The maximum atomic E-state index is 6.08. The van der Waals surface area contributed by atoms with Crippen molar-refractivity contribution in [3.05, 3.63) is 28.9 Å². The lowest BCUT2D eigenvalue weighted by Gasteiger charge is -2.07. The molecule has 0 atom stereocenters. The second-order valence-corrected chi connectivity index (χ2v) is 5.40. The van der Waals surface area contributed by atoms with Crippen molar-refractivity contribution in [3.8, 4) is 0 Å². The van der Waals surface area contributed by atoms with Gasteiger partial charge in [-0.3, -0.25) is 4.40 Å². The number of nitrogens with zero attached hydrogens (tertiary/aromatic N) is 3. The molecule has 16 heavy (non-hydrogen) atoms. The van der Waals surface area contributed by atoms with Gasteiger partial charge in [0.1, 0.15) is 6.33 Å². The van der Waals surface area contributed by atoms with Gasteiger partial charge >= 0.3 is 0 Å².